The summed E-state index contributed by atoms with van der Waals surface area (Å²) >= 11 is 0. The molecular formula is C18H22N6O6. The summed E-state index contributed by atoms with van der Waals surface area (Å²) in [5.41, 5.74) is 1.17. The highest BCUT2D eigenvalue weighted by molar-refractivity contribution is 5.82. The van der Waals surface area contributed by atoms with Gasteiger partial charge in [-0.05, 0) is 19.3 Å². The first-order valence-electron chi connectivity index (χ1n) is 9.77. The maximum atomic E-state index is 10.6. The molecule has 1 aliphatic heterocycles. The lowest BCUT2D eigenvalue weighted by molar-refractivity contribution is -0.0434. The first-order chi connectivity index (χ1) is 14.6. The SMILES string of the molecule is OCc1cc([C@H]2O[C@@H](n3cnc4c(N[C@H]5CCC[C@@H]5O)ncnc43)[C@H](O)[C@@H]2O)on1. The topological polar surface area (TPSA) is 172 Å². The molecule has 0 spiro atoms. The van der Waals surface area contributed by atoms with Crippen LogP contribution in [0.25, 0.3) is 11.2 Å². The highest BCUT2D eigenvalue weighted by Crippen LogP contribution is 2.40. The average molecular weight is 418 g/mol. The Morgan fingerprint density at radius 3 is 2.73 bits per heavy atom. The second-order valence-electron chi connectivity index (χ2n) is 7.60. The summed E-state index contributed by atoms with van der Waals surface area (Å²) < 4.78 is 12.5. The lowest BCUT2D eigenvalue weighted by Gasteiger charge is -2.18. The van der Waals surface area contributed by atoms with E-state index in [1.165, 1.54) is 23.3 Å². The van der Waals surface area contributed by atoms with Crippen molar-refractivity contribution in [3.05, 3.63) is 30.2 Å². The van der Waals surface area contributed by atoms with Gasteiger partial charge in [-0.15, -0.1) is 0 Å². The van der Waals surface area contributed by atoms with Crippen molar-refractivity contribution in [2.75, 3.05) is 5.32 Å². The van der Waals surface area contributed by atoms with Gasteiger partial charge >= 0.3 is 0 Å². The molecule has 0 aromatic carbocycles. The Morgan fingerprint density at radius 2 is 2.00 bits per heavy atom. The Bertz CT molecular complexity index is 1040. The number of imidazole rings is 1. The van der Waals surface area contributed by atoms with Gasteiger partial charge in [-0.2, -0.15) is 0 Å². The van der Waals surface area contributed by atoms with Crippen molar-refractivity contribution in [2.24, 2.45) is 0 Å². The smallest absolute Gasteiger partial charge is 0.168 e. The predicted molar refractivity (Wildman–Crippen MR) is 99.9 cm³/mol. The van der Waals surface area contributed by atoms with Gasteiger partial charge in [-0.1, -0.05) is 5.16 Å². The van der Waals surface area contributed by atoms with Crippen LogP contribution in [0.3, 0.4) is 0 Å². The van der Waals surface area contributed by atoms with Gasteiger partial charge < -0.3 is 35.0 Å². The number of hydrogen-bond acceptors (Lipinski definition) is 11. The van der Waals surface area contributed by atoms with Crippen molar-refractivity contribution in [3.63, 3.8) is 0 Å². The monoisotopic (exact) mass is 418 g/mol. The number of hydrogen-bond donors (Lipinski definition) is 5. The molecule has 2 fully saturated rings. The molecule has 0 bridgehead atoms. The van der Waals surface area contributed by atoms with Crippen molar-refractivity contribution in [1.82, 2.24) is 24.7 Å². The van der Waals surface area contributed by atoms with Crippen molar-refractivity contribution in [2.45, 2.75) is 62.6 Å². The van der Waals surface area contributed by atoms with E-state index in [0.717, 1.165) is 19.3 Å². The average Bonchev–Trinajstić information content (AvgIpc) is 3.52. The fraction of sp³-hybridized carbons (Fsp3) is 0.556. The van der Waals surface area contributed by atoms with E-state index in [-0.39, 0.29) is 18.4 Å². The summed E-state index contributed by atoms with van der Waals surface area (Å²) in [4.78, 5) is 12.9. The lowest BCUT2D eigenvalue weighted by Crippen LogP contribution is -2.29. The maximum absolute atomic E-state index is 10.6. The molecule has 3 aromatic rings. The fourth-order valence-corrected chi connectivity index (χ4v) is 4.09. The summed E-state index contributed by atoms with van der Waals surface area (Å²) in [6.07, 6.45) is 0.377. The number of aliphatic hydroxyl groups excluding tert-OH is 4. The fourth-order valence-electron chi connectivity index (χ4n) is 4.09. The van der Waals surface area contributed by atoms with Gasteiger partial charge in [0.15, 0.2) is 29.0 Å². The molecule has 3 aromatic heterocycles. The van der Waals surface area contributed by atoms with Gasteiger partial charge in [0.05, 0.1) is 25.1 Å². The number of aliphatic hydroxyl groups is 4. The quantitative estimate of drug-likeness (QED) is 0.366. The first kappa shape index (κ1) is 19.3. The molecule has 0 unspecified atom stereocenters. The van der Waals surface area contributed by atoms with Crippen molar-refractivity contribution in [1.29, 1.82) is 0 Å². The number of nitrogens with one attached hydrogen (secondary N) is 1. The number of rotatable bonds is 5. The van der Waals surface area contributed by atoms with Gasteiger partial charge in [0.2, 0.25) is 0 Å². The minimum absolute atomic E-state index is 0.111. The Kier molecular flexibility index (Phi) is 4.87. The molecular weight excluding hydrogens is 396 g/mol. The molecule has 1 saturated heterocycles. The molecule has 0 amide bonds. The summed E-state index contributed by atoms with van der Waals surface area (Å²) in [7, 11) is 0. The van der Waals surface area contributed by atoms with Crippen LogP contribution in [0.2, 0.25) is 0 Å². The standard InChI is InChI=1S/C18H22N6O6/c25-5-8-4-11(30-23-8)15-13(27)14(28)18(29-15)24-7-21-12-16(19-6-20-17(12)24)22-9-2-1-3-10(9)26/h4,6-7,9-10,13-15,18,25-28H,1-3,5H2,(H,19,20,22)/t9-,10-,13-,14+,15+,18+/m0/s1. The van der Waals surface area contributed by atoms with Crippen LogP contribution in [0.4, 0.5) is 5.82 Å². The van der Waals surface area contributed by atoms with Crippen LogP contribution in [0.1, 0.15) is 43.0 Å². The molecule has 0 radical (unpaired) electrons. The largest absolute Gasteiger partial charge is 0.391 e. The van der Waals surface area contributed by atoms with Gasteiger partial charge in [-0.3, -0.25) is 4.57 Å². The van der Waals surface area contributed by atoms with Gasteiger partial charge in [0.1, 0.15) is 30.3 Å². The van der Waals surface area contributed by atoms with Crippen molar-refractivity contribution >= 4 is 17.0 Å². The van der Waals surface area contributed by atoms with E-state index in [9.17, 15) is 15.3 Å². The predicted octanol–water partition coefficient (Wildman–Crippen LogP) is -0.376. The zero-order valence-corrected chi connectivity index (χ0v) is 15.9. The van der Waals surface area contributed by atoms with E-state index in [1.54, 1.807) is 0 Å². The summed E-state index contributed by atoms with van der Waals surface area (Å²) in [5.74, 6) is 0.682. The maximum Gasteiger partial charge on any atom is 0.168 e. The van der Waals surface area contributed by atoms with Gasteiger partial charge in [0, 0.05) is 6.07 Å². The number of ether oxygens (including phenoxy) is 1. The molecule has 2 aliphatic rings. The van der Waals surface area contributed by atoms with Crippen LogP contribution in [-0.4, -0.2) is 69.5 Å². The van der Waals surface area contributed by atoms with Gasteiger partial charge in [-0.25, -0.2) is 15.0 Å². The highest BCUT2D eigenvalue weighted by Gasteiger charge is 2.47. The van der Waals surface area contributed by atoms with Gasteiger partial charge in [0.25, 0.3) is 0 Å². The molecule has 1 aliphatic carbocycles. The molecule has 5 rings (SSSR count). The molecule has 4 heterocycles. The highest BCUT2D eigenvalue weighted by atomic mass is 16.6. The lowest BCUT2D eigenvalue weighted by atomic mass is 10.1. The number of aromatic nitrogens is 5. The van der Waals surface area contributed by atoms with Crippen LogP contribution in [0.15, 0.2) is 23.2 Å². The van der Waals surface area contributed by atoms with Crippen LogP contribution in [-0.2, 0) is 11.3 Å². The molecule has 1 saturated carbocycles. The van der Waals surface area contributed by atoms with E-state index in [1.807, 2.05) is 0 Å². The second-order valence-corrected chi connectivity index (χ2v) is 7.60. The summed E-state index contributed by atoms with van der Waals surface area (Å²) in [6, 6.07) is 1.35. The second kappa shape index (κ2) is 7.56. The minimum atomic E-state index is -1.28. The molecule has 6 atom stereocenters. The van der Waals surface area contributed by atoms with E-state index in [4.69, 9.17) is 14.4 Å². The van der Waals surface area contributed by atoms with E-state index in [0.29, 0.717) is 22.7 Å². The number of nitrogens with zero attached hydrogens (tertiary/aromatic N) is 5. The van der Waals surface area contributed by atoms with Crippen LogP contribution in [0.5, 0.6) is 0 Å². The molecule has 12 heteroatoms. The third-order valence-electron chi connectivity index (χ3n) is 5.69. The van der Waals surface area contributed by atoms with Crippen LogP contribution >= 0.6 is 0 Å². The Morgan fingerprint density at radius 1 is 1.13 bits per heavy atom. The normalized spacial score (nSPS) is 31.6. The molecule has 12 nitrogen and oxygen atoms in total. The molecule has 160 valence electrons. The number of fused-ring (bicyclic) bond motifs is 1. The van der Waals surface area contributed by atoms with Crippen LogP contribution < -0.4 is 5.32 Å². The van der Waals surface area contributed by atoms with Crippen LogP contribution in [0, 0.1) is 0 Å². The Labute approximate surface area is 170 Å². The first-order valence-corrected chi connectivity index (χ1v) is 9.77. The zero-order chi connectivity index (χ0) is 20.8. The van der Waals surface area contributed by atoms with E-state index >= 15 is 0 Å². The van der Waals surface area contributed by atoms with Crippen molar-refractivity contribution in [3.8, 4) is 0 Å². The van der Waals surface area contributed by atoms with Crippen molar-refractivity contribution < 1.29 is 29.7 Å². The minimum Gasteiger partial charge on any atom is -0.391 e. The Balaban J connectivity index is 1.44. The zero-order valence-electron chi connectivity index (χ0n) is 15.9. The van der Waals surface area contributed by atoms with E-state index < -0.39 is 30.6 Å². The third-order valence-corrected chi connectivity index (χ3v) is 5.69. The molecule has 30 heavy (non-hydrogen) atoms. The van der Waals surface area contributed by atoms with E-state index in [2.05, 4.69) is 25.4 Å². The molecule has 5 N–H and O–H groups in total. The summed E-state index contributed by atoms with van der Waals surface area (Å²) in [6.45, 7) is -0.313. The third kappa shape index (κ3) is 3.13. The number of anilines is 1. The summed E-state index contributed by atoms with van der Waals surface area (Å²) in [5, 5.41) is 47.2. The Hall–Kier alpha value is -2.64.